The SMILES string of the molecule is Nc1ccccc1NC(=O)c1nc2c(s1)CN(/C(Cl)=C/[N+](=O)[O-])CC2. The number of anilines is 2. The van der Waals surface area contributed by atoms with Crippen LogP contribution in [0, 0.1) is 10.1 Å². The fourth-order valence-corrected chi connectivity index (χ4v) is 3.67. The number of nitrogens with two attached hydrogens (primary N) is 1. The first-order valence-corrected chi connectivity index (χ1v) is 8.53. The average Bonchev–Trinajstić information content (AvgIpc) is 2.99. The molecule has 0 fully saturated rings. The van der Waals surface area contributed by atoms with Gasteiger partial charge in [-0.05, 0) is 12.1 Å². The zero-order valence-electron chi connectivity index (χ0n) is 12.9. The molecule has 1 aromatic heterocycles. The third kappa shape index (κ3) is 3.89. The molecule has 1 aromatic carbocycles. The van der Waals surface area contributed by atoms with Crippen molar-refractivity contribution in [2.24, 2.45) is 0 Å². The number of rotatable bonds is 4. The van der Waals surface area contributed by atoms with Gasteiger partial charge in [0.25, 0.3) is 12.1 Å². The lowest BCUT2D eigenvalue weighted by Gasteiger charge is -2.25. The number of para-hydroxylation sites is 2. The molecule has 3 rings (SSSR count). The predicted molar refractivity (Wildman–Crippen MR) is 96.0 cm³/mol. The number of halogens is 1. The van der Waals surface area contributed by atoms with Crippen molar-refractivity contribution >= 4 is 40.2 Å². The number of nitro groups is 1. The van der Waals surface area contributed by atoms with Crippen LogP contribution in [0.5, 0.6) is 0 Å². The van der Waals surface area contributed by atoms with E-state index in [9.17, 15) is 14.9 Å². The lowest BCUT2D eigenvalue weighted by molar-refractivity contribution is -0.403. The monoisotopic (exact) mass is 379 g/mol. The van der Waals surface area contributed by atoms with Gasteiger partial charge in [-0.15, -0.1) is 11.3 Å². The minimum absolute atomic E-state index is 0.0621. The van der Waals surface area contributed by atoms with E-state index in [0.29, 0.717) is 35.9 Å². The van der Waals surface area contributed by atoms with Crippen LogP contribution < -0.4 is 11.1 Å². The number of nitrogens with one attached hydrogen (secondary N) is 1. The molecule has 3 N–H and O–H groups in total. The Hall–Kier alpha value is -2.65. The Labute approximate surface area is 152 Å². The number of amides is 1. The molecule has 1 aliphatic rings. The molecule has 0 spiro atoms. The highest BCUT2D eigenvalue weighted by Crippen LogP contribution is 2.29. The zero-order chi connectivity index (χ0) is 18.0. The normalized spacial score (nSPS) is 14.1. The summed E-state index contributed by atoms with van der Waals surface area (Å²) in [6.45, 7) is 0.892. The molecule has 2 heterocycles. The van der Waals surface area contributed by atoms with Gasteiger partial charge in [-0.3, -0.25) is 14.9 Å². The van der Waals surface area contributed by atoms with Gasteiger partial charge in [0.1, 0.15) is 0 Å². The lowest BCUT2D eigenvalue weighted by atomic mass is 10.2. The number of hydrogen-bond acceptors (Lipinski definition) is 7. The second kappa shape index (κ2) is 7.08. The summed E-state index contributed by atoms with van der Waals surface area (Å²) in [5, 5.41) is 13.7. The van der Waals surface area contributed by atoms with Crippen LogP contribution in [-0.2, 0) is 13.0 Å². The first-order valence-electron chi connectivity index (χ1n) is 7.34. The fraction of sp³-hybridized carbons (Fsp3) is 0.200. The minimum atomic E-state index is -0.590. The summed E-state index contributed by atoms with van der Waals surface area (Å²) in [7, 11) is 0. The number of aromatic nitrogens is 1. The first kappa shape index (κ1) is 17.2. The van der Waals surface area contributed by atoms with Gasteiger partial charge in [-0.1, -0.05) is 23.7 Å². The summed E-state index contributed by atoms with van der Waals surface area (Å²) in [5.41, 5.74) is 7.64. The van der Waals surface area contributed by atoms with Gasteiger partial charge in [0.15, 0.2) is 10.2 Å². The molecule has 0 atom stereocenters. The summed E-state index contributed by atoms with van der Waals surface area (Å²) in [5.74, 6) is -0.337. The average molecular weight is 380 g/mol. The van der Waals surface area contributed by atoms with Crippen LogP contribution in [0.3, 0.4) is 0 Å². The maximum atomic E-state index is 12.4. The summed E-state index contributed by atoms with van der Waals surface area (Å²) in [4.78, 5) is 29.3. The van der Waals surface area contributed by atoms with Gasteiger partial charge in [0.2, 0.25) is 0 Å². The molecule has 25 heavy (non-hydrogen) atoms. The van der Waals surface area contributed by atoms with Crippen LogP contribution >= 0.6 is 22.9 Å². The molecule has 10 heteroatoms. The molecule has 1 aliphatic heterocycles. The minimum Gasteiger partial charge on any atom is -0.397 e. The van der Waals surface area contributed by atoms with Crippen molar-refractivity contribution in [3.63, 3.8) is 0 Å². The predicted octanol–water partition coefficient (Wildman–Crippen LogP) is 2.65. The van der Waals surface area contributed by atoms with Crippen LogP contribution in [0.1, 0.15) is 20.4 Å². The third-order valence-corrected chi connectivity index (χ3v) is 5.07. The van der Waals surface area contributed by atoms with Gasteiger partial charge in [0, 0.05) is 17.8 Å². The number of thiazole rings is 1. The highest BCUT2D eigenvalue weighted by atomic mass is 35.5. The highest BCUT2D eigenvalue weighted by molar-refractivity contribution is 7.13. The third-order valence-electron chi connectivity index (χ3n) is 3.65. The van der Waals surface area contributed by atoms with E-state index >= 15 is 0 Å². The Bertz CT molecular complexity index is 867. The van der Waals surface area contributed by atoms with E-state index in [1.807, 2.05) is 0 Å². The first-order chi connectivity index (χ1) is 11.9. The number of fused-ring (bicyclic) bond motifs is 1. The van der Waals surface area contributed by atoms with Crippen molar-refractivity contribution in [2.75, 3.05) is 17.6 Å². The smallest absolute Gasteiger partial charge is 0.284 e. The summed E-state index contributed by atoms with van der Waals surface area (Å²) < 4.78 is 0. The van der Waals surface area contributed by atoms with Gasteiger partial charge in [-0.25, -0.2) is 4.98 Å². The highest BCUT2D eigenvalue weighted by Gasteiger charge is 2.25. The van der Waals surface area contributed by atoms with Crippen LogP contribution in [-0.4, -0.2) is 27.3 Å². The maximum Gasteiger partial charge on any atom is 0.284 e. The second-order valence-electron chi connectivity index (χ2n) is 5.34. The molecule has 1 amide bonds. The van der Waals surface area contributed by atoms with Crippen LogP contribution in [0.2, 0.25) is 0 Å². The summed E-state index contributed by atoms with van der Waals surface area (Å²) in [6, 6.07) is 6.97. The Morgan fingerprint density at radius 3 is 2.96 bits per heavy atom. The van der Waals surface area contributed by atoms with Crippen molar-refractivity contribution in [3.8, 4) is 0 Å². The van der Waals surface area contributed by atoms with Crippen molar-refractivity contribution < 1.29 is 9.72 Å². The Kier molecular flexibility index (Phi) is 4.86. The molecular weight excluding hydrogens is 366 g/mol. The van der Waals surface area contributed by atoms with Gasteiger partial charge < -0.3 is 16.0 Å². The zero-order valence-corrected chi connectivity index (χ0v) is 14.5. The summed E-state index contributed by atoms with van der Waals surface area (Å²) in [6.07, 6.45) is 1.33. The number of carbonyl (C=O) groups excluding carboxylic acids is 1. The van der Waals surface area contributed by atoms with Crippen LogP contribution in [0.15, 0.2) is 35.6 Å². The van der Waals surface area contributed by atoms with E-state index in [1.54, 1.807) is 29.2 Å². The molecular formula is C15H14ClN5O3S. The van der Waals surface area contributed by atoms with Crippen LogP contribution in [0.4, 0.5) is 11.4 Å². The van der Waals surface area contributed by atoms with Crippen LogP contribution in [0.25, 0.3) is 0 Å². The van der Waals surface area contributed by atoms with Gasteiger partial charge in [-0.2, -0.15) is 0 Å². The second-order valence-corrected chi connectivity index (χ2v) is 6.81. The number of carbonyl (C=O) groups is 1. The lowest BCUT2D eigenvalue weighted by Crippen LogP contribution is -2.27. The van der Waals surface area contributed by atoms with E-state index < -0.39 is 4.92 Å². The molecule has 0 saturated carbocycles. The topological polar surface area (TPSA) is 114 Å². The van der Waals surface area contributed by atoms with Crippen molar-refractivity contribution in [3.05, 3.63) is 61.3 Å². The molecule has 130 valence electrons. The van der Waals surface area contributed by atoms with E-state index in [4.69, 9.17) is 17.3 Å². The Morgan fingerprint density at radius 2 is 2.24 bits per heavy atom. The largest absolute Gasteiger partial charge is 0.397 e. The Morgan fingerprint density at radius 1 is 1.48 bits per heavy atom. The van der Waals surface area contributed by atoms with Gasteiger partial charge >= 0.3 is 0 Å². The number of nitrogen functional groups attached to an aromatic ring is 1. The van der Waals surface area contributed by atoms with E-state index in [2.05, 4.69) is 10.3 Å². The number of hydrogen-bond donors (Lipinski definition) is 2. The van der Waals surface area contributed by atoms with E-state index in [0.717, 1.165) is 16.8 Å². The number of nitrogens with zero attached hydrogens (tertiary/aromatic N) is 3. The quantitative estimate of drug-likeness (QED) is 0.365. The van der Waals surface area contributed by atoms with E-state index in [-0.39, 0.29) is 11.1 Å². The summed E-state index contributed by atoms with van der Waals surface area (Å²) >= 11 is 7.20. The van der Waals surface area contributed by atoms with Crippen molar-refractivity contribution in [1.82, 2.24) is 9.88 Å². The molecule has 0 bridgehead atoms. The maximum absolute atomic E-state index is 12.4. The molecule has 8 nitrogen and oxygen atoms in total. The molecule has 0 saturated heterocycles. The standard InChI is InChI=1S/C15H14ClN5O3S/c16-13(8-21(23)24)20-6-5-11-12(7-20)25-15(19-11)14(22)18-10-4-2-1-3-9(10)17/h1-4,8H,5-7,17H2,(H,18,22)/b13-8+. The molecule has 0 unspecified atom stereocenters. The molecule has 2 aromatic rings. The molecule has 0 aliphatic carbocycles. The van der Waals surface area contributed by atoms with Crippen molar-refractivity contribution in [1.29, 1.82) is 0 Å². The van der Waals surface area contributed by atoms with Crippen molar-refractivity contribution in [2.45, 2.75) is 13.0 Å². The van der Waals surface area contributed by atoms with Gasteiger partial charge in [0.05, 0.1) is 28.5 Å². The van der Waals surface area contributed by atoms with E-state index in [1.165, 1.54) is 11.3 Å². The Balaban J connectivity index is 1.75. The fourth-order valence-electron chi connectivity index (χ4n) is 2.43. The number of benzene rings is 1. The molecule has 0 radical (unpaired) electrons.